The maximum Gasteiger partial charge on any atom is 0.310 e. The average Bonchev–Trinajstić information content (AvgIpc) is 3.43. The highest BCUT2D eigenvalue weighted by molar-refractivity contribution is 9.09. The molecule has 0 saturated carbocycles. The standard InChI is InChI=1S/C24H36BrN3O7/c1-2-6-27(9-8-26-10-13-34-14-11-26)22(31)20-24-15-16(25)19(35-24)17(23(32)33)18(24)21(30)28(20)7-4-3-5-12-29/h2,16-20,29H,1,3-15H2,(H,32,33)/t16?,17-,18+,19-,20-,24+/m0/s1. The summed E-state index contributed by atoms with van der Waals surface area (Å²) < 4.78 is 11.7. The van der Waals surface area contributed by atoms with Gasteiger partial charge in [0.2, 0.25) is 11.8 Å². The van der Waals surface area contributed by atoms with Gasteiger partial charge in [-0.15, -0.1) is 6.58 Å². The molecule has 0 radical (unpaired) electrons. The fraction of sp³-hybridized carbons (Fsp3) is 0.792. The highest BCUT2D eigenvalue weighted by Gasteiger charge is 2.76. The van der Waals surface area contributed by atoms with Crippen LogP contribution in [0.2, 0.25) is 0 Å². The molecule has 4 rings (SSSR count). The Hall–Kier alpha value is -1.53. The van der Waals surface area contributed by atoms with Gasteiger partial charge < -0.3 is 29.5 Å². The van der Waals surface area contributed by atoms with Crippen molar-refractivity contribution in [3.8, 4) is 0 Å². The number of morpholine rings is 1. The van der Waals surface area contributed by atoms with Crippen LogP contribution in [0, 0.1) is 11.8 Å². The molecule has 2 amide bonds. The van der Waals surface area contributed by atoms with Gasteiger partial charge in [0, 0.05) is 50.7 Å². The summed E-state index contributed by atoms with van der Waals surface area (Å²) in [5.74, 6) is -3.46. The van der Waals surface area contributed by atoms with Gasteiger partial charge in [-0.3, -0.25) is 19.3 Å². The average molecular weight is 558 g/mol. The van der Waals surface area contributed by atoms with E-state index < -0.39 is 35.6 Å². The van der Waals surface area contributed by atoms with Crippen LogP contribution in [0.4, 0.5) is 0 Å². The molecule has 2 bridgehead atoms. The first-order valence-electron chi connectivity index (χ1n) is 12.5. The second-order valence-electron chi connectivity index (χ2n) is 9.84. The molecule has 6 atom stereocenters. The lowest BCUT2D eigenvalue weighted by molar-refractivity contribution is -0.150. The number of unbranched alkanes of at least 4 members (excludes halogenated alkanes) is 2. The highest BCUT2D eigenvalue weighted by atomic mass is 79.9. The van der Waals surface area contributed by atoms with Crippen LogP contribution in [0.25, 0.3) is 0 Å². The smallest absolute Gasteiger partial charge is 0.310 e. The van der Waals surface area contributed by atoms with Gasteiger partial charge in [0.05, 0.1) is 31.2 Å². The van der Waals surface area contributed by atoms with E-state index in [0.717, 1.165) is 13.1 Å². The molecule has 1 spiro atoms. The number of carbonyl (C=O) groups excluding carboxylic acids is 2. The van der Waals surface area contributed by atoms with E-state index >= 15 is 0 Å². The number of ether oxygens (including phenoxy) is 2. The van der Waals surface area contributed by atoms with Gasteiger partial charge in [-0.1, -0.05) is 22.0 Å². The maximum atomic E-state index is 14.1. The number of halogens is 1. The van der Waals surface area contributed by atoms with Crippen LogP contribution in [0.3, 0.4) is 0 Å². The van der Waals surface area contributed by atoms with E-state index in [2.05, 4.69) is 27.4 Å². The molecule has 4 aliphatic heterocycles. The molecule has 0 aromatic rings. The largest absolute Gasteiger partial charge is 0.481 e. The normalized spacial score (nSPS) is 34.3. The van der Waals surface area contributed by atoms with Gasteiger partial charge in [0.1, 0.15) is 11.6 Å². The third-order valence-electron chi connectivity index (χ3n) is 7.82. The zero-order valence-electron chi connectivity index (χ0n) is 20.0. The number of likely N-dealkylation sites (tertiary alicyclic amines) is 1. The summed E-state index contributed by atoms with van der Waals surface area (Å²) in [7, 11) is 0. The molecule has 10 nitrogen and oxygen atoms in total. The molecule has 11 heteroatoms. The van der Waals surface area contributed by atoms with Crippen molar-refractivity contribution in [2.24, 2.45) is 11.8 Å². The molecule has 0 aromatic carbocycles. The topological polar surface area (TPSA) is 120 Å². The number of amides is 2. The molecule has 4 saturated heterocycles. The summed E-state index contributed by atoms with van der Waals surface area (Å²) in [6, 6.07) is -0.881. The number of nitrogens with zero attached hydrogens (tertiary/aromatic N) is 3. The number of carbonyl (C=O) groups is 3. The number of carboxylic acid groups (broad SMARTS) is 1. The Morgan fingerprint density at radius 2 is 1.97 bits per heavy atom. The number of aliphatic hydroxyl groups excluding tert-OH is 1. The number of hydrogen-bond donors (Lipinski definition) is 2. The fourth-order valence-corrected chi connectivity index (χ4v) is 7.15. The molecule has 0 aliphatic carbocycles. The predicted molar refractivity (Wildman–Crippen MR) is 130 cm³/mol. The summed E-state index contributed by atoms with van der Waals surface area (Å²) >= 11 is 3.57. The lowest BCUT2D eigenvalue weighted by atomic mass is 9.70. The van der Waals surface area contributed by atoms with Gasteiger partial charge in [0.15, 0.2) is 0 Å². The van der Waals surface area contributed by atoms with Crippen LogP contribution in [0.1, 0.15) is 25.7 Å². The van der Waals surface area contributed by atoms with E-state index in [1.165, 1.54) is 0 Å². The Bertz CT molecular complexity index is 823. The van der Waals surface area contributed by atoms with Crippen LogP contribution in [-0.2, 0) is 23.9 Å². The number of hydrogen-bond acceptors (Lipinski definition) is 7. The second kappa shape index (κ2) is 11.2. The van der Waals surface area contributed by atoms with Crippen molar-refractivity contribution in [1.29, 1.82) is 0 Å². The number of aliphatic carboxylic acids is 1. The molecular weight excluding hydrogens is 522 g/mol. The molecule has 1 unspecified atom stereocenters. The first-order valence-corrected chi connectivity index (χ1v) is 13.4. The Morgan fingerprint density at radius 1 is 1.23 bits per heavy atom. The van der Waals surface area contributed by atoms with E-state index in [1.807, 2.05) is 0 Å². The highest BCUT2D eigenvalue weighted by Crippen LogP contribution is 2.60. The fourth-order valence-electron chi connectivity index (χ4n) is 6.21. The minimum absolute atomic E-state index is 0.0642. The van der Waals surface area contributed by atoms with Gasteiger partial charge in [-0.25, -0.2) is 0 Å². The van der Waals surface area contributed by atoms with Crippen LogP contribution in [-0.4, -0.2) is 124 Å². The monoisotopic (exact) mass is 557 g/mol. The minimum atomic E-state index is -1.16. The SMILES string of the molecule is C=CCN(CCN1CCOCC1)C(=O)[C@@H]1N(CCCCCO)C(=O)[C@H]2[C@H](C(=O)O)[C@H]3O[C@@]12CC3Br. The molecule has 4 fully saturated rings. The van der Waals surface area contributed by atoms with Crippen molar-refractivity contribution < 1.29 is 34.1 Å². The van der Waals surface area contributed by atoms with Gasteiger partial charge >= 0.3 is 5.97 Å². The van der Waals surface area contributed by atoms with Crippen molar-refractivity contribution in [1.82, 2.24) is 14.7 Å². The van der Waals surface area contributed by atoms with Crippen molar-refractivity contribution in [3.05, 3.63) is 12.7 Å². The summed E-state index contributed by atoms with van der Waals surface area (Å²) in [6.45, 7) is 8.62. The van der Waals surface area contributed by atoms with Crippen LogP contribution < -0.4 is 0 Å². The maximum absolute atomic E-state index is 14.1. The molecular formula is C24H36BrN3O7. The number of alkyl halides is 1. The van der Waals surface area contributed by atoms with Crippen LogP contribution in [0.5, 0.6) is 0 Å². The number of aliphatic hydroxyl groups is 1. The number of fused-ring (bicyclic) bond motifs is 1. The first-order chi connectivity index (χ1) is 16.9. The van der Waals surface area contributed by atoms with E-state index in [1.54, 1.807) is 15.9 Å². The Morgan fingerprint density at radius 3 is 2.63 bits per heavy atom. The summed E-state index contributed by atoms with van der Waals surface area (Å²) in [5.41, 5.74) is -1.16. The van der Waals surface area contributed by atoms with Crippen molar-refractivity contribution in [3.63, 3.8) is 0 Å². The van der Waals surface area contributed by atoms with E-state index in [4.69, 9.17) is 14.6 Å². The minimum Gasteiger partial charge on any atom is -0.481 e. The lowest BCUT2D eigenvalue weighted by Gasteiger charge is -2.38. The summed E-state index contributed by atoms with van der Waals surface area (Å²) in [6.07, 6.45) is 3.38. The Labute approximate surface area is 214 Å². The number of carboxylic acids is 1. The van der Waals surface area contributed by atoms with Gasteiger partial charge in [-0.2, -0.15) is 0 Å². The molecule has 0 aromatic heterocycles. The first kappa shape index (κ1) is 26.5. The molecule has 4 aliphatic rings. The van der Waals surface area contributed by atoms with E-state index in [-0.39, 0.29) is 23.2 Å². The molecule has 35 heavy (non-hydrogen) atoms. The quantitative estimate of drug-likeness (QED) is 0.200. The van der Waals surface area contributed by atoms with Crippen LogP contribution in [0.15, 0.2) is 12.7 Å². The zero-order valence-corrected chi connectivity index (χ0v) is 21.6. The molecule has 4 heterocycles. The lowest BCUT2D eigenvalue weighted by Crippen LogP contribution is -2.57. The van der Waals surface area contributed by atoms with Crippen molar-refractivity contribution >= 4 is 33.7 Å². The van der Waals surface area contributed by atoms with Gasteiger partial charge in [-0.05, 0) is 25.7 Å². The number of rotatable bonds is 12. The Balaban J connectivity index is 1.60. The third kappa shape index (κ3) is 4.90. The van der Waals surface area contributed by atoms with Gasteiger partial charge in [0.25, 0.3) is 0 Å². The Kier molecular flexibility index (Phi) is 8.53. The van der Waals surface area contributed by atoms with Crippen LogP contribution >= 0.6 is 15.9 Å². The third-order valence-corrected chi connectivity index (χ3v) is 8.66. The zero-order chi connectivity index (χ0) is 25.2. The summed E-state index contributed by atoms with van der Waals surface area (Å²) in [5, 5.41) is 19.1. The summed E-state index contributed by atoms with van der Waals surface area (Å²) in [4.78, 5) is 45.3. The van der Waals surface area contributed by atoms with Crippen molar-refractivity contribution in [2.75, 3.05) is 59.1 Å². The van der Waals surface area contributed by atoms with Crippen molar-refractivity contribution in [2.45, 2.75) is 48.3 Å². The molecule has 2 N–H and O–H groups in total. The predicted octanol–water partition coefficient (Wildman–Crippen LogP) is 0.328. The second-order valence-corrected chi connectivity index (χ2v) is 11.0. The molecule has 196 valence electrons. The van der Waals surface area contributed by atoms with E-state index in [9.17, 15) is 19.5 Å². The van der Waals surface area contributed by atoms with E-state index in [0.29, 0.717) is 65.1 Å².